The summed E-state index contributed by atoms with van der Waals surface area (Å²) in [7, 11) is 0. The number of carbonyl (C=O) groups is 1. The molecular weight excluding hydrogens is 266 g/mol. The molecule has 3 aromatic rings. The van der Waals surface area contributed by atoms with E-state index in [0.29, 0.717) is 22.3 Å². The monoisotopic (exact) mass is 277 g/mol. The van der Waals surface area contributed by atoms with Crippen molar-refractivity contribution in [2.45, 2.75) is 0 Å². The lowest BCUT2D eigenvalue weighted by Crippen LogP contribution is -2.34. The summed E-state index contributed by atoms with van der Waals surface area (Å²) < 4.78 is 0. The number of aromatic nitrogens is 1. The Bertz CT molecular complexity index is 929. The number of rotatable bonds is 1. The minimum atomic E-state index is -0.209. The molecule has 5 heteroatoms. The maximum Gasteiger partial charge on any atom is 0.270 e. The largest absolute Gasteiger partial charge is 0.321 e. The second-order valence-electron chi connectivity index (χ2n) is 4.88. The molecule has 0 aliphatic carbocycles. The predicted molar refractivity (Wildman–Crippen MR) is 81.1 cm³/mol. The topological polar surface area (TPSA) is 74.0 Å². The van der Waals surface area contributed by atoms with E-state index in [1.807, 2.05) is 30.3 Å². The van der Waals surface area contributed by atoms with Crippen LogP contribution in [-0.4, -0.2) is 10.9 Å². The van der Waals surface area contributed by atoms with E-state index in [1.165, 1.54) is 0 Å². The number of aromatic amines is 1. The van der Waals surface area contributed by atoms with Gasteiger partial charge in [0.25, 0.3) is 11.5 Å². The van der Waals surface area contributed by atoms with Crippen molar-refractivity contribution < 1.29 is 4.79 Å². The van der Waals surface area contributed by atoms with Crippen molar-refractivity contribution in [3.8, 4) is 11.1 Å². The average molecular weight is 277 g/mol. The van der Waals surface area contributed by atoms with Gasteiger partial charge >= 0.3 is 0 Å². The lowest BCUT2D eigenvalue weighted by molar-refractivity contribution is 0.0962. The van der Waals surface area contributed by atoms with Crippen LogP contribution < -0.4 is 16.4 Å². The molecule has 3 N–H and O–H groups in total. The van der Waals surface area contributed by atoms with E-state index in [1.54, 1.807) is 18.2 Å². The van der Waals surface area contributed by atoms with Gasteiger partial charge in [0.2, 0.25) is 0 Å². The number of carbonyl (C=O) groups excluding carboxylic acids is 1. The lowest BCUT2D eigenvalue weighted by Gasteiger charge is -2.21. The average Bonchev–Trinajstić information content (AvgIpc) is 2.51. The van der Waals surface area contributed by atoms with E-state index < -0.39 is 0 Å². The number of hydrazine groups is 1. The summed E-state index contributed by atoms with van der Waals surface area (Å²) >= 11 is 0. The van der Waals surface area contributed by atoms with Crippen molar-refractivity contribution in [3.05, 3.63) is 64.4 Å². The Balaban J connectivity index is 2.17. The molecule has 102 valence electrons. The van der Waals surface area contributed by atoms with E-state index in [-0.39, 0.29) is 11.5 Å². The molecule has 0 bridgehead atoms. The van der Waals surface area contributed by atoms with Crippen LogP contribution in [0.25, 0.3) is 22.0 Å². The van der Waals surface area contributed by atoms with Crippen LogP contribution in [0.1, 0.15) is 10.4 Å². The molecule has 0 radical (unpaired) electrons. The molecule has 5 nitrogen and oxygen atoms in total. The minimum Gasteiger partial charge on any atom is -0.321 e. The third kappa shape index (κ3) is 1.64. The third-order valence-electron chi connectivity index (χ3n) is 3.65. The molecule has 1 amide bonds. The number of pyridine rings is 1. The fraction of sp³-hybridized carbons (Fsp3) is 0. The fourth-order valence-corrected chi connectivity index (χ4v) is 2.73. The highest BCUT2D eigenvalue weighted by Gasteiger charge is 2.23. The highest BCUT2D eigenvalue weighted by atomic mass is 16.2. The van der Waals surface area contributed by atoms with Crippen molar-refractivity contribution in [3.63, 3.8) is 0 Å². The van der Waals surface area contributed by atoms with Gasteiger partial charge in [0.15, 0.2) is 0 Å². The van der Waals surface area contributed by atoms with Crippen LogP contribution in [0.4, 0.5) is 5.69 Å². The second kappa shape index (κ2) is 4.21. The first kappa shape index (κ1) is 11.7. The number of hydrogen-bond donors (Lipinski definition) is 3. The van der Waals surface area contributed by atoms with Crippen LogP contribution in [-0.2, 0) is 0 Å². The van der Waals surface area contributed by atoms with Crippen LogP contribution in [0.3, 0.4) is 0 Å². The summed E-state index contributed by atoms with van der Waals surface area (Å²) in [6.45, 7) is 0. The van der Waals surface area contributed by atoms with Gasteiger partial charge in [-0.15, -0.1) is 0 Å². The molecular formula is C16H11N3O2. The highest BCUT2D eigenvalue weighted by molar-refractivity contribution is 6.16. The molecule has 0 atom stereocenters. The number of benzene rings is 2. The highest BCUT2D eigenvalue weighted by Crippen LogP contribution is 2.34. The van der Waals surface area contributed by atoms with Gasteiger partial charge in [0.05, 0.1) is 22.3 Å². The first-order valence-corrected chi connectivity index (χ1v) is 6.56. The standard InChI is InChI=1S/C16H11N3O2/c20-15-10-7-4-8-11-13(10)14(18-19-15)12(16(21)17-11)9-5-2-1-3-6-9/h1-8,18H,(H,17,21)(H,19,20). The summed E-state index contributed by atoms with van der Waals surface area (Å²) in [6, 6.07) is 14.7. The smallest absolute Gasteiger partial charge is 0.270 e. The van der Waals surface area contributed by atoms with E-state index in [4.69, 9.17) is 0 Å². The van der Waals surface area contributed by atoms with Gasteiger partial charge in [0, 0.05) is 5.39 Å². The normalized spacial score (nSPS) is 12.9. The maximum atomic E-state index is 12.4. The van der Waals surface area contributed by atoms with Crippen LogP contribution in [0.5, 0.6) is 0 Å². The van der Waals surface area contributed by atoms with Gasteiger partial charge in [-0.05, 0) is 17.7 Å². The van der Waals surface area contributed by atoms with E-state index in [2.05, 4.69) is 15.8 Å². The summed E-state index contributed by atoms with van der Waals surface area (Å²) in [5.74, 6) is -0.209. The Labute approximate surface area is 119 Å². The van der Waals surface area contributed by atoms with Crippen molar-refractivity contribution in [1.82, 2.24) is 10.4 Å². The second-order valence-corrected chi connectivity index (χ2v) is 4.88. The number of anilines is 1. The zero-order chi connectivity index (χ0) is 14.4. The molecule has 21 heavy (non-hydrogen) atoms. The van der Waals surface area contributed by atoms with Crippen LogP contribution >= 0.6 is 0 Å². The van der Waals surface area contributed by atoms with Gasteiger partial charge in [0.1, 0.15) is 0 Å². The van der Waals surface area contributed by atoms with E-state index in [0.717, 1.165) is 10.9 Å². The molecule has 1 aromatic heterocycles. The summed E-state index contributed by atoms with van der Waals surface area (Å²) in [5.41, 5.74) is 8.43. The number of hydrogen-bond acceptors (Lipinski definition) is 3. The Morgan fingerprint density at radius 2 is 1.62 bits per heavy atom. The number of amides is 1. The zero-order valence-corrected chi connectivity index (χ0v) is 10.9. The predicted octanol–water partition coefficient (Wildman–Crippen LogP) is 2.27. The van der Waals surface area contributed by atoms with Crippen LogP contribution in [0.2, 0.25) is 0 Å². The zero-order valence-electron chi connectivity index (χ0n) is 10.9. The molecule has 0 unspecified atom stereocenters. The van der Waals surface area contributed by atoms with Crippen LogP contribution in [0, 0.1) is 0 Å². The Hall–Kier alpha value is -3.08. The Kier molecular flexibility index (Phi) is 2.35. The van der Waals surface area contributed by atoms with Gasteiger partial charge in [-0.2, -0.15) is 0 Å². The van der Waals surface area contributed by atoms with E-state index >= 15 is 0 Å². The molecule has 1 aliphatic rings. The first-order valence-electron chi connectivity index (χ1n) is 6.56. The number of nitrogens with one attached hydrogen (secondary N) is 3. The molecule has 2 heterocycles. The van der Waals surface area contributed by atoms with E-state index in [9.17, 15) is 9.59 Å². The van der Waals surface area contributed by atoms with Crippen molar-refractivity contribution in [2.24, 2.45) is 0 Å². The van der Waals surface area contributed by atoms with Crippen LogP contribution in [0.15, 0.2) is 53.3 Å². The Morgan fingerprint density at radius 3 is 2.43 bits per heavy atom. The van der Waals surface area contributed by atoms with Crippen molar-refractivity contribution in [2.75, 3.05) is 5.43 Å². The fourth-order valence-electron chi connectivity index (χ4n) is 2.73. The SMILES string of the molecule is O=C1NNc2c(-c3ccccc3)c(=O)[nH]c3cccc1c23. The van der Waals surface area contributed by atoms with Gasteiger partial charge in [-0.1, -0.05) is 36.4 Å². The quantitative estimate of drug-likeness (QED) is 0.638. The molecule has 0 spiro atoms. The molecule has 0 saturated carbocycles. The summed E-state index contributed by atoms with van der Waals surface area (Å²) in [4.78, 5) is 27.2. The van der Waals surface area contributed by atoms with Gasteiger partial charge < -0.3 is 4.98 Å². The summed E-state index contributed by atoms with van der Waals surface area (Å²) in [6.07, 6.45) is 0. The lowest BCUT2D eigenvalue weighted by atomic mass is 9.98. The molecule has 0 saturated heterocycles. The number of H-pyrrole nitrogens is 1. The first-order chi connectivity index (χ1) is 10.3. The minimum absolute atomic E-state index is 0.190. The molecule has 0 fully saturated rings. The van der Waals surface area contributed by atoms with Gasteiger partial charge in [-0.25, -0.2) is 0 Å². The van der Waals surface area contributed by atoms with Crippen molar-refractivity contribution >= 4 is 22.5 Å². The van der Waals surface area contributed by atoms with Gasteiger partial charge in [-0.3, -0.25) is 20.4 Å². The molecule has 2 aromatic carbocycles. The van der Waals surface area contributed by atoms with Crippen molar-refractivity contribution in [1.29, 1.82) is 0 Å². The maximum absolute atomic E-state index is 12.4. The summed E-state index contributed by atoms with van der Waals surface area (Å²) in [5, 5.41) is 0.736. The molecule has 4 rings (SSSR count). The Morgan fingerprint density at radius 1 is 0.810 bits per heavy atom. The molecule has 1 aliphatic heterocycles. The third-order valence-corrected chi connectivity index (χ3v) is 3.65.